The molecule has 37 heavy (non-hydrogen) atoms. The number of hydrogen-bond acceptors (Lipinski definition) is 8. The molecule has 9 nitrogen and oxygen atoms in total. The molecule has 1 heterocycles. The number of nitrogens with zero attached hydrogens (tertiary/aromatic N) is 4. The maximum Gasteiger partial charge on any atom is 0.335 e. The molecular formula is C28H23N5O4. The lowest BCUT2D eigenvalue weighted by Crippen LogP contribution is -2.40. The third-order valence-corrected chi connectivity index (χ3v) is 5.76. The minimum Gasteiger partial charge on any atom is -0.493 e. The number of benzene rings is 3. The van der Waals surface area contributed by atoms with Crippen LogP contribution >= 0.6 is 0 Å². The van der Waals surface area contributed by atoms with Crippen LogP contribution in [-0.4, -0.2) is 30.1 Å². The van der Waals surface area contributed by atoms with E-state index < -0.39 is 18.1 Å². The minimum absolute atomic E-state index is 0.143. The van der Waals surface area contributed by atoms with Gasteiger partial charge >= 0.3 is 5.97 Å². The molecule has 0 bridgehead atoms. The van der Waals surface area contributed by atoms with Gasteiger partial charge in [0.2, 0.25) is 0 Å². The summed E-state index contributed by atoms with van der Waals surface area (Å²) < 4.78 is 11.3. The molecule has 1 aliphatic heterocycles. The lowest BCUT2D eigenvalue weighted by Gasteiger charge is -2.21. The molecule has 0 aromatic heterocycles. The number of ether oxygens (including phenoxy) is 2. The molecule has 9 heteroatoms. The highest BCUT2D eigenvalue weighted by molar-refractivity contribution is 6.11. The molecule has 3 aromatic rings. The molecule has 3 N–H and O–H groups in total. The number of hydrazone groups is 1. The Hall–Kier alpha value is -5.12. The number of carboxylic acid groups (broad SMARTS) is 1. The number of anilines is 1. The van der Waals surface area contributed by atoms with E-state index in [4.69, 9.17) is 15.2 Å². The Labute approximate surface area is 213 Å². The van der Waals surface area contributed by atoms with Gasteiger partial charge in [-0.1, -0.05) is 36.4 Å². The zero-order valence-electron chi connectivity index (χ0n) is 19.9. The number of nitrogens with two attached hydrogens (primary N) is 1. The summed E-state index contributed by atoms with van der Waals surface area (Å²) in [6.45, 7) is 0.143. The molecule has 3 aromatic carbocycles. The lowest BCUT2D eigenvalue weighted by atomic mass is 9.95. The highest BCUT2D eigenvalue weighted by Gasteiger charge is 2.37. The second kappa shape index (κ2) is 11.1. The molecule has 0 aliphatic carbocycles. The largest absolute Gasteiger partial charge is 0.493 e. The van der Waals surface area contributed by atoms with Gasteiger partial charge in [-0.2, -0.15) is 15.6 Å². The van der Waals surface area contributed by atoms with Gasteiger partial charge in [-0.3, -0.25) is 0 Å². The Balaban J connectivity index is 1.59. The van der Waals surface area contributed by atoms with Crippen molar-refractivity contribution in [1.29, 1.82) is 10.5 Å². The Kier molecular flexibility index (Phi) is 7.48. The van der Waals surface area contributed by atoms with Gasteiger partial charge in [0.05, 0.1) is 35.7 Å². The number of methoxy groups -OCH3 is 1. The summed E-state index contributed by atoms with van der Waals surface area (Å²) in [4.78, 5) is 11.2. The summed E-state index contributed by atoms with van der Waals surface area (Å²) in [6.07, 6.45) is 0.886. The van der Waals surface area contributed by atoms with Crippen molar-refractivity contribution in [2.45, 2.75) is 12.8 Å². The molecule has 0 fully saturated rings. The quantitative estimate of drug-likeness (QED) is 0.445. The van der Waals surface area contributed by atoms with Crippen molar-refractivity contribution >= 4 is 23.4 Å². The molecule has 0 radical (unpaired) electrons. The summed E-state index contributed by atoms with van der Waals surface area (Å²) in [5.41, 5.74) is 9.03. The topological polar surface area (TPSA) is 145 Å². The number of hydrogen-bond donors (Lipinski definition) is 2. The Morgan fingerprint density at radius 1 is 1.11 bits per heavy atom. The summed E-state index contributed by atoms with van der Waals surface area (Å²) >= 11 is 0. The second-order valence-corrected chi connectivity index (χ2v) is 8.14. The molecule has 0 saturated carbocycles. The van der Waals surface area contributed by atoms with Crippen LogP contribution in [0.4, 0.5) is 5.69 Å². The normalized spacial score (nSPS) is 16.9. The van der Waals surface area contributed by atoms with E-state index >= 15 is 0 Å². The summed E-state index contributed by atoms with van der Waals surface area (Å²) in [5.74, 6) is -0.933. The number of allylic oxidation sites excluding steroid dienone is 1. The Bertz CT molecular complexity index is 1450. The van der Waals surface area contributed by atoms with E-state index in [2.05, 4.69) is 17.2 Å². The van der Waals surface area contributed by atoms with Crippen LogP contribution in [0.3, 0.4) is 0 Å². The summed E-state index contributed by atoms with van der Waals surface area (Å²) in [6, 6.07) is 25.1. The van der Waals surface area contributed by atoms with E-state index in [0.29, 0.717) is 28.3 Å². The smallest absolute Gasteiger partial charge is 0.335 e. The highest BCUT2D eigenvalue weighted by atomic mass is 16.5. The van der Waals surface area contributed by atoms with Gasteiger partial charge < -0.3 is 20.3 Å². The Morgan fingerprint density at radius 2 is 1.89 bits per heavy atom. The van der Waals surface area contributed by atoms with E-state index in [-0.39, 0.29) is 17.7 Å². The third kappa shape index (κ3) is 5.43. The first kappa shape index (κ1) is 25.0. The number of carboxylic acids is 1. The molecule has 0 spiro atoms. The van der Waals surface area contributed by atoms with Crippen LogP contribution in [0.1, 0.15) is 21.5 Å². The van der Waals surface area contributed by atoms with Crippen LogP contribution in [-0.2, 0) is 6.61 Å². The average Bonchev–Trinajstić information content (AvgIpc) is 3.27. The first-order chi connectivity index (χ1) is 17.9. The maximum absolute atomic E-state index is 11.2. The van der Waals surface area contributed by atoms with Crippen LogP contribution in [0.15, 0.2) is 83.5 Å². The van der Waals surface area contributed by atoms with Gasteiger partial charge in [0.15, 0.2) is 11.5 Å². The average molecular weight is 494 g/mol. The van der Waals surface area contributed by atoms with E-state index in [1.54, 1.807) is 47.5 Å². The van der Waals surface area contributed by atoms with Gasteiger partial charge in [0.25, 0.3) is 0 Å². The van der Waals surface area contributed by atoms with Crippen LogP contribution in [0.2, 0.25) is 0 Å². The molecule has 2 atom stereocenters. The Morgan fingerprint density at radius 3 is 2.57 bits per heavy atom. The van der Waals surface area contributed by atoms with Crippen molar-refractivity contribution in [3.05, 3.63) is 95.1 Å². The fourth-order valence-corrected chi connectivity index (χ4v) is 3.90. The number of para-hydroxylation sites is 1. The fourth-order valence-electron chi connectivity index (χ4n) is 3.90. The molecule has 0 unspecified atom stereocenters. The zero-order valence-corrected chi connectivity index (χ0v) is 19.9. The fraction of sp³-hybridized carbons (Fsp3) is 0.143. The molecular weight excluding hydrogens is 470 g/mol. The van der Waals surface area contributed by atoms with Crippen molar-refractivity contribution in [2.75, 3.05) is 12.1 Å². The monoisotopic (exact) mass is 493 g/mol. The SMILES string of the molecule is COc1cc(/C=C(/C#N)C2=NN(c3ccccc3)[C@H](N)[C@@H]2C#N)ccc1OCc1cccc(C(=O)O)c1. The van der Waals surface area contributed by atoms with Gasteiger partial charge in [0, 0.05) is 0 Å². The first-order valence-corrected chi connectivity index (χ1v) is 11.3. The summed E-state index contributed by atoms with van der Waals surface area (Å²) in [5, 5.41) is 34.9. The van der Waals surface area contributed by atoms with Crippen molar-refractivity contribution in [3.63, 3.8) is 0 Å². The van der Waals surface area contributed by atoms with Crippen LogP contribution in [0.5, 0.6) is 11.5 Å². The molecule has 0 saturated heterocycles. The van der Waals surface area contributed by atoms with E-state index in [0.717, 1.165) is 5.69 Å². The van der Waals surface area contributed by atoms with Crippen LogP contribution < -0.4 is 20.2 Å². The summed E-state index contributed by atoms with van der Waals surface area (Å²) in [7, 11) is 1.50. The number of aromatic carboxylic acids is 1. The number of nitriles is 2. The van der Waals surface area contributed by atoms with Gasteiger partial charge in [-0.15, -0.1) is 0 Å². The minimum atomic E-state index is -1.01. The molecule has 0 amide bonds. The standard InChI is InChI=1S/C28H23N5O4/c1-36-25-14-18(10-11-24(25)37-17-19-6-5-7-20(13-19)28(34)35)12-21(15-29)26-23(16-30)27(31)33(32-26)22-8-3-2-4-9-22/h2-14,23,27H,17,31H2,1H3,(H,34,35)/b21-12-/t23-,27+/m1/s1. The molecule has 1 aliphatic rings. The maximum atomic E-state index is 11.2. The predicted octanol–water partition coefficient (Wildman–Crippen LogP) is 4.18. The molecule has 4 rings (SSSR count). The lowest BCUT2D eigenvalue weighted by molar-refractivity contribution is 0.0696. The first-order valence-electron chi connectivity index (χ1n) is 11.3. The van der Waals surface area contributed by atoms with Crippen molar-refractivity contribution in [3.8, 4) is 23.6 Å². The van der Waals surface area contributed by atoms with E-state index in [9.17, 15) is 20.4 Å². The van der Waals surface area contributed by atoms with Gasteiger partial charge in [0.1, 0.15) is 24.8 Å². The van der Waals surface area contributed by atoms with Gasteiger partial charge in [-0.25, -0.2) is 9.80 Å². The van der Waals surface area contributed by atoms with Crippen molar-refractivity contribution in [2.24, 2.45) is 16.8 Å². The third-order valence-electron chi connectivity index (χ3n) is 5.76. The van der Waals surface area contributed by atoms with Crippen molar-refractivity contribution < 1.29 is 19.4 Å². The van der Waals surface area contributed by atoms with Crippen molar-refractivity contribution in [1.82, 2.24) is 0 Å². The van der Waals surface area contributed by atoms with E-state index in [1.807, 2.05) is 30.3 Å². The number of rotatable bonds is 8. The van der Waals surface area contributed by atoms with Gasteiger partial charge in [-0.05, 0) is 53.6 Å². The number of carbonyl (C=O) groups is 1. The predicted molar refractivity (Wildman–Crippen MR) is 138 cm³/mol. The second-order valence-electron chi connectivity index (χ2n) is 8.14. The van der Waals surface area contributed by atoms with Crippen LogP contribution in [0.25, 0.3) is 6.08 Å². The van der Waals surface area contributed by atoms with E-state index in [1.165, 1.54) is 13.2 Å². The highest BCUT2D eigenvalue weighted by Crippen LogP contribution is 2.32. The van der Waals surface area contributed by atoms with Crippen LogP contribution in [0, 0.1) is 28.6 Å². The zero-order chi connectivity index (χ0) is 26.4. The molecule has 184 valence electrons.